The molecule has 1 amide bonds. The first-order chi connectivity index (χ1) is 12.6. The molecule has 132 valence electrons. The molecule has 2 aromatic heterocycles. The second kappa shape index (κ2) is 7.76. The molecule has 0 aliphatic rings. The van der Waals surface area contributed by atoms with E-state index in [2.05, 4.69) is 15.5 Å². The first-order valence-corrected chi connectivity index (χ1v) is 8.75. The maximum atomic E-state index is 12.1. The van der Waals surface area contributed by atoms with Gasteiger partial charge in [0.15, 0.2) is 5.82 Å². The molecule has 9 heteroatoms. The summed E-state index contributed by atoms with van der Waals surface area (Å²) in [7, 11) is 0. The zero-order valence-corrected chi connectivity index (χ0v) is 14.8. The van der Waals surface area contributed by atoms with Crippen LogP contribution in [0.2, 0.25) is 0 Å². The van der Waals surface area contributed by atoms with Gasteiger partial charge in [0.1, 0.15) is 11.8 Å². The predicted octanol–water partition coefficient (Wildman–Crippen LogP) is 2.55. The number of furan rings is 1. The fraction of sp³-hybridized carbons (Fsp3) is 0.176. The van der Waals surface area contributed by atoms with E-state index < -0.39 is 0 Å². The standard InChI is InChI=1S/C17H16N6O2S/c1-11-13(6-8-25-11)16-21-22-17(23(16)19)26-9-7-15(24)20-14-5-3-2-4-12(14)10-18/h2-6,8H,7,9,19H2,1H3,(H,20,24). The quantitative estimate of drug-likeness (QED) is 0.506. The van der Waals surface area contributed by atoms with Gasteiger partial charge in [-0.3, -0.25) is 4.79 Å². The molecule has 0 atom stereocenters. The number of para-hydroxylation sites is 1. The van der Waals surface area contributed by atoms with Gasteiger partial charge in [0, 0.05) is 12.2 Å². The Hall–Kier alpha value is -3.25. The Labute approximate surface area is 154 Å². The van der Waals surface area contributed by atoms with Crippen molar-refractivity contribution in [2.45, 2.75) is 18.5 Å². The second-order valence-electron chi connectivity index (χ2n) is 5.37. The molecule has 0 unspecified atom stereocenters. The highest BCUT2D eigenvalue weighted by molar-refractivity contribution is 7.99. The molecule has 0 aliphatic heterocycles. The lowest BCUT2D eigenvalue weighted by atomic mass is 10.2. The zero-order chi connectivity index (χ0) is 18.5. The molecule has 0 fully saturated rings. The first kappa shape index (κ1) is 17.6. The van der Waals surface area contributed by atoms with Gasteiger partial charge in [0.05, 0.1) is 23.1 Å². The van der Waals surface area contributed by atoms with Gasteiger partial charge in [0.2, 0.25) is 11.1 Å². The number of nitriles is 1. The number of nitrogens with two attached hydrogens (primary N) is 1. The van der Waals surface area contributed by atoms with Gasteiger partial charge in [-0.25, -0.2) is 4.68 Å². The molecule has 0 spiro atoms. The number of nitrogens with zero attached hydrogens (tertiary/aromatic N) is 4. The summed E-state index contributed by atoms with van der Waals surface area (Å²) >= 11 is 1.33. The van der Waals surface area contributed by atoms with Crippen LogP contribution in [0.5, 0.6) is 0 Å². The molecule has 0 saturated carbocycles. The summed E-state index contributed by atoms with van der Waals surface area (Å²) in [4.78, 5) is 12.1. The van der Waals surface area contributed by atoms with Crippen LogP contribution in [0.1, 0.15) is 17.7 Å². The summed E-state index contributed by atoms with van der Waals surface area (Å²) in [6.07, 6.45) is 1.81. The van der Waals surface area contributed by atoms with E-state index in [-0.39, 0.29) is 12.3 Å². The van der Waals surface area contributed by atoms with E-state index in [4.69, 9.17) is 15.5 Å². The van der Waals surface area contributed by atoms with E-state index in [1.165, 1.54) is 16.4 Å². The lowest BCUT2D eigenvalue weighted by molar-refractivity contribution is -0.115. The molecule has 3 N–H and O–H groups in total. The Morgan fingerprint density at radius 3 is 2.92 bits per heavy atom. The highest BCUT2D eigenvalue weighted by Crippen LogP contribution is 2.25. The van der Waals surface area contributed by atoms with Gasteiger partial charge in [-0.2, -0.15) is 5.26 Å². The number of aryl methyl sites for hydroxylation is 1. The lowest BCUT2D eigenvalue weighted by Gasteiger charge is -2.06. The van der Waals surface area contributed by atoms with E-state index in [9.17, 15) is 4.79 Å². The molecule has 0 aliphatic carbocycles. The van der Waals surface area contributed by atoms with Gasteiger partial charge in [-0.15, -0.1) is 10.2 Å². The van der Waals surface area contributed by atoms with Crippen molar-refractivity contribution in [1.29, 1.82) is 5.26 Å². The number of carbonyl (C=O) groups is 1. The summed E-state index contributed by atoms with van der Waals surface area (Å²) in [6.45, 7) is 1.82. The number of amides is 1. The lowest BCUT2D eigenvalue weighted by Crippen LogP contribution is -2.14. The Morgan fingerprint density at radius 1 is 1.38 bits per heavy atom. The van der Waals surface area contributed by atoms with Crippen molar-refractivity contribution in [3.63, 3.8) is 0 Å². The van der Waals surface area contributed by atoms with Crippen molar-refractivity contribution in [3.05, 3.63) is 47.9 Å². The molecule has 0 bridgehead atoms. The number of thioether (sulfide) groups is 1. The third kappa shape index (κ3) is 3.70. The largest absolute Gasteiger partial charge is 0.469 e. The highest BCUT2D eigenvalue weighted by atomic mass is 32.2. The Kier molecular flexibility index (Phi) is 5.24. The van der Waals surface area contributed by atoms with Crippen LogP contribution in [0.3, 0.4) is 0 Å². The SMILES string of the molecule is Cc1occc1-c1nnc(SCCC(=O)Nc2ccccc2C#N)n1N. The van der Waals surface area contributed by atoms with Gasteiger partial charge in [-0.05, 0) is 25.1 Å². The van der Waals surface area contributed by atoms with E-state index in [1.54, 1.807) is 36.6 Å². The number of aromatic nitrogens is 3. The van der Waals surface area contributed by atoms with Crippen LogP contribution >= 0.6 is 11.8 Å². The third-order valence-corrected chi connectivity index (χ3v) is 4.59. The average molecular weight is 368 g/mol. The fourth-order valence-electron chi connectivity index (χ4n) is 2.31. The van der Waals surface area contributed by atoms with Gasteiger partial charge < -0.3 is 15.6 Å². The summed E-state index contributed by atoms with van der Waals surface area (Å²) in [5.41, 5.74) is 1.71. The molecule has 0 radical (unpaired) electrons. The minimum atomic E-state index is -0.186. The smallest absolute Gasteiger partial charge is 0.225 e. The van der Waals surface area contributed by atoms with Crippen molar-refractivity contribution in [2.75, 3.05) is 16.9 Å². The highest BCUT2D eigenvalue weighted by Gasteiger charge is 2.16. The van der Waals surface area contributed by atoms with Crippen molar-refractivity contribution in [3.8, 4) is 17.5 Å². The number of benzene rings is 1. The first-order valence-electron chi connectivity index (χ1n) is 7.77. The van der Waals surface area contributed by atoms with Gasteiger partial charge in [-0.1, -0.05) is 23.9 Å². The number of nitrogen functional groups attached to an aromatic ring is 1. The minimum Gasteiger partial charge on any atom is -0.469 e. The van der Waals surface area contributed by atoms with Crippen LogP contribution in [-0.2, 0) is 4.79 Å². The normalized spacial score (nSPS) is 10.5. The Bertz CT molecular complexity index is 972. The van der Waals surface area contributed by atoms with Gasteiger partial charge >= 0.3 is 0 Å². The predicted molar refractivity (Wildman–Crippen MR) is 97.7 cm³/mol. The van der Waals surface area contributed by atoms with Crippen molar-refractivity contribution < 1.29 is 9.21 Å². The van der Waals surface area contributed by atoms with Crippen molar-refractivity contribution in [1.82, 2.24) is 14.9 Å². The zero-order valence-electron chi connectivity index (χ0n) is 14.0. The molecular weight excluding hydrogens is 352 g/mol. The van der Waals surface area contributed by atoms with E-state index in [0.29, 0.717) is 33.7 Å². The van der Waals surface area contributed by atoms with Crippen LogP contribution in [0, 0.1) is 18.3 Å². The van der Waals surface area contributed by atoms with E-state index >= 15 is 0 Å². The molecule has 2 heterocycles. The van der Waals surface area contributed by atoms with E-state index in [0.717, 1.165) is 5.56 Å². The number of carbonyl (C=O) groups excluding carboxylic acids is 1. The molecule has 3 aromatic rings. The second-order valence-corrected chi connectivity index (χ2v) is 6.43. The van der Waals surface area contributed by atoms with Crippen LogP contribution in [0.25, 0.3) is 11.4 Å². The maximum absolute atomic E-state index is 12.1. The minimum absolute atomic E-state index is 0.186. The van der Waals surface area contributed by atoms with Crippen LogP contribution < -0.4 is 11.2 Å². The Balaban J connectivity index is 1.57. The number of hydrogen-bond donors (Lipinski definition) is 2. The number of anilines is 1. The molecule has 3 rings (SSSR count). The summed E-state index contributed by atoms with van der Waals surface area (Å²) in [5.74, 6) is 7.53. The Morgan fingerprint density at radius 2 is 2.19 bits per heavy atom. The fourth-order valence-corrected chi connectivity index (χ4v) is 3.11. The number of nitrogens with one attached hydrogen (secondary N) is 1. The van der Waals surface area contributed by atoms with Crippen molar-refractivity contribution >= 4 is 23.4 Å². The third-order valence-electron chi connectivity index (χ3n) is 3.65. The molecular formula is C17H16N6O2S. The molecule has 1 aromatic carbocycles. The van der Waals surface area contributed by atoms with E-state index in [1.807, 2.05) is 13.0 Å². The number of hydrogen-bond acceptors (Lipinski definition) is 7. The van der Waals surface area contributed by atoms with Crippen LogP contribution in [0.4, 0.5) is 5.69 Å². The molecule has 8 nitrogen and oxygen atoms in total. The molecule has 26 heavy (non-hydrogen) atoms. The topological polar surface area (TPSA) is 123 Å². The van der Waals surface area contributed by atoms with Crippen LogP contribution in [0.15, 0.2) is 46.2 Å². The van der Waals surface area contributed by atoms with Crippen molar-refractivity contribution in [2.24, 2.45) is 0 Å². The summed E-state index contributed by atoms with van der Waals surface area (Å²) < 4.78 is 6.63. The maximum Gasteiger partial charge on any atom is 0.225 e. The summed E-state index contributed by atoms with van der Waals surface area (Å²) in [5, 5.41) is 20.4. The average Bonchev–Trinajstić information content (AvgIpc) is 3.21. The summed E-state index contributed by atoms with van der Waals surface area (Å²) in [6, 6.07) is 10.7. The molecule has 0 saturated heterocycles. The van der Waals surface area contributed by atoms with Gasteiger partial charge in [0.25, 0.3) is 0 Å². The monoisotopic (exact) mass is 368 g/mol. The number of rotatable bonds is 6. The van der Waals surface area contributed by atoms with Crippen LogP contribution in [-0.4, -0.2) is 26.5 Å².